The second-order valence-corrected chi connectivity index (χ2v) is 5.66. The van der Waals surface area contributed by atoms with E-state index in [0.717, 1.165) is 29.7 Å². The van der Waals surface area contributed by atoms with Gasteiger partial charge in [0, 0.05) is 11.6 Å². The third kappa shape index (κ3) is 4.67. The van der Waals surface area contributed by atoms with Gasteiger partial charge in [-0.25, -0.2) is 0 Å². The van der Waals surface area contributed by atoms with Crippen LogP contribution in [0.15, 0.2) is 18.2 Å². The van der Waals surface area contributed by atoms with E-state index in [4.69, 9.17) is 5.73 Å². The molecule has 1 aromatic carbocycles. The summed E-state index contributed by atoms with van der Waals surface area (Å²) in [7, 11) is 0. The van der Waals surface area contributed by atoms with Crippen molar-refractivity contribution in [3.63, 3.8) is 0 Å². The van der Waals surface area contributed by atoms with Crippen molar-refractivity contribution in [3.8, 4) is 0 Å². The quantitative estimate of drug-likeness (QED) is 0.826. The first-order valence-electron chi connectivity index (χ1n) is 7.02. The smallest absolute Gasteiger partial charge is 0.227 e. The van der Waals surface area contributed by atoms with Gasteiger partial charge in [0.15, 0.2) is 0 Å². The van der Waals surface area contributed by atoms with Gasteiger partial charge >= 0.3 is 0 Å². The van der Waals surface area contributed by atoms with E-state index < -0.39 is 0 Å². The number of nitrogens with one attached hydrogen (secondary N) is 1. The van der Waals surface area contributed by atoms with Crippen LogP contribution in [-0.2, 0) is 4.79 Å². The summed E-state index contributed by atoms with van der Waals surface area (Å²) in [6.07, 6.45) is 1.63. The number of carbonyl (C=O) groups is 1. The fourth-order valence-electron chi connectivity index (χ4n) is 2.36. The van der Waals surface area contributed by atoms with Crippen LogP contribution in [0.1, 0.15) is 37.8 Å². The van der Waals surface area contributed by atoms with Crippen molar-refractivity contribution in [2.75, 3.05) is 11.9 Å². The molecular weight excluding hydrogens is 236 g/mol. The molecule has 3 nitrogen and oxygen atoms in total. The first-order valence-corrected chi connectivity index (χ1v) is 7.02. The van der Waals surface area contributed by atoms with Gasteiger partial charge in [-0.05, 0) is 50.3 Å². The highest BCUT2D eigenvalue weighted by Crippen LogP contribution is 2.22. The first-order chi connectivity index (χ1) is 8.95. The molecule has 106 valence electrons. The number of carbonyl (C=O) groups excluding carboxylic acids is 1. The molecule has 0 heterocycles. The molecule has 1 amide bonds. The number of para-hydroxylation sites is 1. The molecule has 1 atom stereocenters. The summed E-state index contributed by atoms with van der Waals surface area (Å²) in [4.78, 5) is 12.4. The summed E-state index contributed by atoms with van der Waals surface area (Å²) in [6, 6.07) is 6.04. The van der Waals surface area contributed by atoms with E-state index in [0.29, 0.717) is 12.5 Å². The van der Waals surface area contributed by atoms with Gasteiger partial charge in [0.05, 0.1) is 0 Å². The first kappa shape index (κ1) is 15.7. The molecular formula is C16H26N2O. The van der Waals surface area contributed by atoms with Crippen molar-refractivity contribution in [2.24, 2.45) is 17.6 Å². The van der Waals surface area contributed by atoms with E-state index in [1.54, 1.807) is 0 Å². The molecule has 0 saturated heterocycles. The zero-order chi connectivity index (χ0) is 14.4. The van der Waals surface area contributed by atoms with Crippen LogP contribution in [0, 0.1) is 25.7 Å². The van der Waals surface area contributed by atoms with Crippen LogP contribution >= 0.6 is 0 Å². The Labute approximate surface area is 116 Å². The van der Waals surface area contributed by atoms with E-state index in [2.05, 4.69) is 19.2 Å². The highest BCUT2D eigenvalue weighted by Gasteiger charge is 2.20. The van der Waals surface area contributed by atoms with Crippen molar-refractivity contribution in [3.05, 3.63) is 29.3 Å². The predicted molar refractivity (Wildman–Crippen MR) is 81.2 cm³/mol. The Morgan fingerprint density at radius 2 is 1.84 bits per heavy atom. The second kappa shape index (κ2) is 7.29. The van der Waals surface area contributed by atoms with Gasteiger partial charge in [0.25, 0.3) is 0 Å². The third-order valence-corrected chi connectivity index (χ3v) is 3.37. The Balaban J connectivity index is 2.81. The number of nitrogens with two attached hydrogens (primary N) is 1. The Hall–Kier alpha value is -1.35. The van der Waals surface area contributed by atoms with Crippen LogP contribution in [0.3, 0.4) is 0 Å². The van der Waals surface area contributed by atoms with Gasteiger partial charge in [0.2, 0.25) is 5.91 Å². The van der Waals surface area contributed by atoms with Gasteiger partial charge in [0.1, 0.15) is 0 Å². The molecule has 19 heavy (non-hydrogen) atoms. The summed E-state index contributed by atoms with van der Waals surface area (Å²) in [5, 5.41) is 3.07. The molecule has 0 aliphatic carbocycles. The topological polar surface area (TPSA) is 55.1 Å². The average Bonchev–Trinajstić information content (AvgIpc) is 2.32. The molecule has 0 spiro atoms. The van der Waals surface area contributed by atoms with Crippen LogP contribution in [0.4, 0.5) is 5.69 Å². The Kier molecular flexibility index (Phi) is 6.03. The molecule has 0 bridgehead atoms. The number of aryl methyl sites for hydroxylation is 2. The van der Waals surface area contributed by atoms with E-state index >= 15 is 0 Å². The SMILES string of the molecule is Cc1cccc(C)c1NC(=O)C(CCN)CC(C)C. The Bertz CT molecular complexity index is 407. The van der Waals surface area contributed by atoms with Crippen molar-refractivity contribution in [1.29, 1.82) is 0 Å². The zero-order valence-corrected chi connectivity index (χ0v) is 12.5. The van der Waals surface area contributed by atoms with Gasteiger partial charge in [-0.3, -0.25) is 4.79 Å². The molecule has 0 aliphatic heterocycles. The van der Waals surface area contributed by atoms with E-state index in [1.807, 2.05) is 32.0 Å². The lowest BCUT2D eigenvalue weighted by atomic mass is 9.93. The van der Waals surface area contributed by atoms with Gasteiger partial charge in [-0.2, -0.15) is 0 Å². The standard InChI is InChI=1S/C16H26N2O/c1-11(2)10-14(8-9-17)16(19)18-15-12(3)6-5-7-13(15)4/h5-7,11,14H,8-10,17H2,1-4H3,(H,18,19). The minimum atomic E-state index is 0.00371. The molecule has 1 aromatic rings. The lowest BCUT2D eigenvalue weighted by molar-refractivity contribution is -0.120. The molecule has 3 N–H and O–H groups in total. The number of rotatable bonds is 6. The van der Waals surface area contributed by atoms with E-state index in [1.165, 1.54) is 0 Å². The minimum Gasteiger partial charge on any atom is -0.330 e. The molecule has 1 rings (SSSR count). The van der Waals surface area contributed by atoms with Crippen molar-refractivity contribution < 1.29 is 4.79 Å². The maximum atomic E-state index is 12.4. The number of benzene rings is 1. The minimum absolute atomic E-state index is 0.00371. The summed E-state index contributed by atoms with van der Waals surface area (Å²) >= 11 is 0. The molecule has 0 fully saturated rings. The van der Waals surface area contributed by atoms with Gasteiger partial charge < -0.3 is 11.1 Å². The molecule has 0 saturated carbocycles. The van der Waals surface area contributed by atoms with Crippen molar-refractivity contribution >= 4 is 11.6 Å². The van der Waals surface area contributed by atoms with Gasteiger partial charge in [-0.1, -0.05) is 32.0 Å². The van der Waals surface area contributed by atoms with Crippen LogP contribution in [0.5, 0.6) is 0 Å². The maximum absolute atomic E-state index is 12.4. The highest BCUT2D eigenvalue weighted by atomic mass is 16.1. The largest absolute Gasteiger partial charge is 0.330 e. The lowest BCUT2D eigenvalue weighted by Gasteiger charge is -2.19. The lowest BCUT2D eigenvalue weighted by Crippen LogP contribution is -2.27. The molecule has 3 heteroatoms. The highest BCUT2D eigenvalue weighted by molar-refractivity contribution is 5.94. The second-order valence-electron chi connectivity index (χ2n) is 5.66. The van der Waals surface area contributed by atoms with Crippen LogP contribution in [-0.4, -0.2) is 12.5 Å². The molecule has 0 radical (unpaired) electrons. The Morgan fingerprint density at radius 1 is 1.26 bits per heavy atom. The summed E-state index contributed by atoms with van der Waals surface area (Å²) in [5.41, 5.74) is 8.76. The number of hydrogen-bond acceptors (Lipinski definition) is 2. The molecule has 1 unspecified atom stereocenters. The van der Waals surface area contributed by atoms with Crippen LogP contribution in [0.2, 0.25) is 0 Å². The van der Waals surface area contributed by atoms with E-state index in [9.17, 15) is 4.79 Å². The van der Waals surface area contributed by atoms with Gasteiger partial charge in [-0.15, -0.1) is 0 Å². The van der Waals surface area contributed by atoms with Crippen molar-refractivity contribution in [2.45, 2.75) is 40.5 Å². The van der Waals surface area contributed by atoms with E-state index in [-0.39, 0.29) is 11.8 Å². The number of hydrogen-bond donors (Lipinski definition) is 2. The average molecular weight is 262 g/mol. The third-order valence-electron chi connectivity index (χ3n) is 3.37. The normalized spacial score (nSPS) is 12.5. The maximum Gasteiger partial charge on any atom is 0.227 e. The fourth-order valence-corrected chi connectivity index (χ4v) is 2.36. The zero-order valence-electron chi connectivity index (χ0n) is 12.5. The molecule has 0 aliphatic rings. The monoisotopic (exact) mass is 262 g/mol. The van der Waals surface area contributed by atoms with Crippen LogP contribution in [0.25, 0.3) is 0 Å². The summed E-state index contributed by atoms with van der Waals surface area (Å²) in [5.74, 6) is 0.598. The molecule has 0 aromatic heterocycles. The van der Waals surface area contributed by atoms with Crippen LogP contribution < -0.4 is 11.1 Å². The number of anilines is 1. The fraction of sp³-hybridized carbons (Fsp3) is 0.562. The summed E-state index contributed by atoms with van der Waals surface area (Å²) in [6.45, 7) is 8.86. The Morgan fingerprint density at radius 3 is 2.32 bits per heavy atom. The summed E-state index contributed by atoms with van der Waals surface area (Å²) < 4.78 is 0. The predicted octanol–water partition coefficient (Wildman–Crippen LogP) is 3.25. The van der Waals surface area contributed by atoms with Crippen molar-refractivity contribution in [1.82, 2.24) is 0 Å². The number of amides is 1.